The van der Waals surface area contributed by atoms with Gasteiger partial charge in [0.15, 0.2) is 12.7 Å². The third-order valence-corrected chi connectivity index (χ3v) is 8.10. The third-order valence-electron chi connectivity index (χ3n) is 7.42. The maximum absolute atomic E-state index is 13.2. The first-order valence-electron chi connectivity index (χ1n) is 15.5. The molecule has 6 heteroatoms. The van der Waals surface area contributed by atoms with Crippen LogP contribution in [0.15, 0.2) is 59.6 Å². The predicted octanol–water partition coefficient (Wildman–Crippen LogP) is 6.72. The van der Waals surface area contributed by atoms with Crippen LogP contribution < -0.4 is 31.6 Å². The lowest BCUT2D eigenvalue weighted by atomic mass is 9.86. The number of halogens is 1. The van der Waals surface area contributed by atoms with Gasteiger partial charge in [-0.25, -0.2) is 0 Å². The number of carbonyl (C=O) groups is 1. The first-order chi connectivity index (χ1) is 19.4. The van der Waals surface area contributed by atoms with E-state index in [-0.39, 0.29) is 28.3 Å². The smallest absolute Gasteiger partial charge is 0.255 e. The fourth-order valence-electron chi connectivity index (χ4n) is 5.02. The number of rotatable bonds is 18. The normalized spacial score (nSPS) is 11.2. The minimum absolute atomic E-state index is 0. The molecule has 1 heterocycles. The Balaban J connectivity index is 0.00000588. The summed E-state index contributed by atoms with van der Waals surface area (Å²) in [6, 6.07) is 13.9. The quantitative estimate of drug-likeness (QED) is 0.124. The number of amides is 1. The fraction of sp³-hybridized carbons (Fsp3) is 0.543. The molecular weight excluding hydrogens is 592 g/mol. The van der Waals surface area contributed by atoms with Gasteiger partial charge in [-0.05, 0) is 30.0 Å². The number of unbranched alkanes of at least 4 members (excludes halogenated alkanes) is 11. The number of para-hydroxylation sites is 1. The van der Waals surface area contributed by atoms with Crippen LogP contribution >= 0.6 is 11.3 Å². The lowest BCUT2D eigenvalue weighted by Gasteiger charge is -2.25. The van der Waals surface area contributed by atoms with Crippen molar-refractivity contribution in [3.63, 3.8) is 0 Å². The van der Waals surface area contributed by atoms with Crippen LogP contribution in [0.3, 0.4) is 0 Å². The van der Waals surface area contributed by atoms with Crippen molar-refractivity contribution >= 4 is 22.9 Å². The Morgan fingerprint density at radius 1 is 0.854 bits per heavy atom. The molecule has 3 aromatic rings. The second-order valence-electron chi connectivity index (χ2n) is 12.0. The largest absolute Gasteiger partial charge is 1.00 e. The molecule has 1 amide bonds. The van der Waals surface area contributed by atoms with Gasteiger partial charge in [-0.1, -0.05) is 134 Å². The van der Waals surface area contributed by atoms with Gasteiger partial charge in [-0.2, -0.15) is 4.57 Å². The lowest BCUT2D eigenvalue weighted by molar-refractivity contribution is -0.683. The van der Waals surface area contributed by atoms with Gasteiger partial charge in [0, 0.05) is 16.7 Å². The number of nitrogens with one attached hydrogen (secondary N) is 1. The molecule has 0 aliphatic rings. The molecule has 0 spiro atoms. The maximum atomic E-state index is 13.2. The summed E-state index contributed by atoms with van der Waals surface area (Å²) in [6.07, 6.45) is 17.9. The van der Waals surface area contributed by atoms with Gasteiger partial charge in [0.1, 0.15) is 5.75 Å². The minimum atomic E-state index is -0.115. The molecule has 0 radical (unpaired) electrons. The summed E-state index contributed by atoms with van der Waals surface area (Å²) in [5.74, 6) is 0.688. The van der Waals surface area contributed by atoms with Crippen molar-refractivity contribution in [3.05, 3.63) is 76.2 Å². The number of ether oxygens (including phenoxy) is 1. The molecule has 0 saturated carbocycles. The Bertz CT molecular complexity index is 1120. The number of carbonyl (C=O) groups excluding carboxylic acids is 1. The number of nitrogens with zero attached hydrogens (tertiary/aromatic N) is 1. The minimum Gasteiger partial charge on any atom is -1.00 e. The molecule has 41 heavy (non-hydrogen) atoms. The molecule has 0 unspecified atom stereocenters. The molecule has 0 saturated heterocycles. The molecule has 0 fully saturated rings. The highest BCUT2D eigenvalue weighted by Gasteiger charge is 2.22. The summed E-state index contributed by atoms with van der Waals surface area (Å²) in [6.45, 7) is 10.3. The molecule has 4 nitrogen and oxygen atoms in total. The zero-order valence-electron chi connectivity index (χ0n) is 25.7. The Kier molecular flexibility index (Phi) is 16.3. The highest BCUT2D eigenvalue weighted by atomic mass is 79.9. The molecular formula is C35H51BrN2O2S. The van der Waals surface area contributed by atoms with Crippen LogP contribution in [0.5, 0.6) is 5.75 Å². The Morgan fingerprint density at radius 2 is 1.46 bits per heavy atom. The molecule has 1 aromatic heterocycles. The molecule has 0 atom stereocenters. The highest BCUT2D eigenvalue weighted by Crippen LogP contribution is 2.37. The van der Waals surface area contributed by atoms with Crippen LogP contribution in [0.2, 0.25) is 0 Å². The highest BCUT2D eigenvalue weighted by molar-refractivity contribution is 7.07. The van der Waals surface area contributed by atoms with Gasteiger partial charge >= 0.3 is 0 Å². The zero-order chi connectivity index (χ0) is 28.6. The van der Waals surface area contributed by atoms with E-state index in [2.05, 4.69) is 60.7 Å². The number of hydrogen-bond donors (Lipinski definition) is 1. The van der Waals surface area contributed by atoms with Crippen molar-refractivity contribution in [2.45, 2.75) is 117 Å². The van der Waals surface area contributed by atoms with Gasteiger partial charge in [0.05, 0.1) is 17.7 Å². The number of aromatic nitrogens is 1. The first-order valence-corrected chi connectivity index (χ1v) is 16.4. The van der Waals surface area contributed by atoms with Crippen LogP contribution in [0, 0.1) is 0 Å². The SMILES string of the molecule is CCCCCCCCCCCCCCOc1c(NC(=O)c2ccc(C[n+]3ccsc3)cc2)cccc1C(C)(C)C.[Br-]. The summed E-state index contributed by atoms with van der Waals surface area (Å²) in [7, 11) is 0. The number of thiazole rings is 1. The fourth-order valence-corrected chi connectivity index (χ4v) is 5.62. The monoisotopic (exact) mass is 642 g/mol. The van der Waals surface area contributed by atoms with Crippen LogP contribution in [0.1, 0.15) is 126 Å². The van der Waals surface area contributed by atoms with Crippen molar-refractivity contribution in [2.75, 3.05) is 11.9 Å². The number of benzene rings is 2. The van der Waals surface area contributed by atoms with E-state index < -0.39 is 0 Å². The van der Waals surface area contributed by atoms with E-state index in [0.29, 0.717) is 12.2 Å². The molecule has 226 valence electrons. The van der Waals surface area contributed by atoms with Crippen molar-refractivity contribution in [2.24, 2.45) is 0 Å². The van der Waals surface area contributed by atoms with E-state index in [4.69, 9.17) is 4.74 Å². The Hall–Kier alpha value is -2.18. The second kappa shape index (κ2) is 19.1. The summed E-state index contributed by atoms with van der Waals surface area (Å²) >= 11 is 1.67. The third kappa shape index (κ3) is 12.7. The average Bonchev–Trinajstić information content (AvgIpc) is 3.44. The number of anilines is 1. The van der Waals surface area contributed by atoms with Gasteiger partial charge in [-0.3, -0.25) is 4.79 Å². The lowest BCUT2D eigenvalue weighted by Crippen LogP contribution is -3.00. The molecule has 0 aliphatic carbocycles. The molecule has 3 rings (SSSR count). The average molecular weight is 644 g/mol. The van der Waals surface area contributed by atoms with Crippen molar-refractivity contribution in [1.82, 2.24) is 0 Å². The second-order valence-corrected chi connectivity index (χ2v) is 12.8. The molecule has 0 bridgehead atoms. The summed E-state index contributed by atoms with van der Waals surface area (Å²) in [5, 5.41) is 5.19. The predicted molar refractivity (Wildman–Crippen MR) is 170 cm³/mol. The Morgan fingerprint density at radius 3 is 2.02 bits per heavy atom. The first kappa shape index (κ1) is 35.0. The van der Waals surface area contributed by atoms with E-state index in [1.165, 1.54) is 76.2 Å². The van der Waals surface area contributed by atoms with E-state index in [1.54, 1.807) is 11.3 Å². The molecule has 1 N–H and O–H groups in total. The zero-order valence-corrected chi connectivity index (χ0v) is 28.1. The van der Waals surface area contributed by atoms with Gasteiger partial charge in [0.25, 0.3) is 5.91 Å². The molecule has 2 aromatic carbocycles. The van der Waals surface area contributed by atoms with Crippen LogP contribution in [-0.4, -0.2) is 12.5 Å². The van der Waals surface area contributed by atoms with E-state index in [0.717, 1.165) is 30.0 Å². The van der Waals surface area contributed by atoms with Gasteiger partial charge in [0.2, 0.25) is 5.51 Å². The molecule has 0 aliphatic heterocycles. The van der Waals surface area contributed by atoms with Crippen molar-refractivity contribution in [1.29, 1.82) is 0 Å². The number of hydrogen-bond acceptors (Lipinski definition) is 3. The van der Waals surface area contributed by atoms with Crippen molar-refractivity contribution < 1.29 is 31.1 Å². The van der Waals surface area contributed by atoms with E-state index in [9.17, 15) is 4.79 Å². The standard InChI is InChI=1S/C35H50N2O2S.BrH/c1-5-6-7-8-9-10-11-12-13-14-15-16-25-39-33-31(35(2,3)4)18-17-19-32(33)36-34(38)30-22-20-29(21-23-30)27-37-24-26-40-28-37;/h17-24,26,28H,5-16,25,27H2,1-4H3;1H. The van der Waals surface area contributed by atoms with Crippen LogP contribution in [0.4, 0.5) is 5.69 Å². The van der Waals surface area contributed by atoms with Crippen LogP contribution in [0.25, 0.3) is 0 Å². The summed E-state index contributed by atoms with van der Waals surface area (Å²) in [4.78, 5) is 13.2. The van der Waals surface area contributed by atoms with E-state index in [1.807, 2.05) is 36.4 Å². The maximum Gasteiger partial charge on any atom is 0.255 e. The van der Waals surface area contributed by atoms with Gasteiger partial charge in [-0.15, -0.1) is 0 Å². The van der Waals surface area contributed by atoms with Crippen molar-refractivity contribution in [3.8, 4) is 5.75 Å². The Labute approximate surface area is 263 Å². The summed E-state index contributed by atoms with van der Waals surface area (Å²) < 4.78 is 8.52. The van der Waals surface area contributed by atoms with Crippen LogP contribution in [-0.2, 0) is 12.0 Å². The van der Waals surface area contributed by atoms with E-state index >= 15 is 0 Å². The summed E-state index contributed by atoms with van der Waals surface area (Å²) in [5.41, 5.74) is 5.67. The topological polar surface area (TPSA) is 42.2 Å². The van der Waals surface area contributed by atoms with Gasteiger partial charge < -0.3 is 27.0 Å².